The van der Waals surface area contributed by atoms with Crippen molar-refractivity contribution in [1.29, 1.82) is 0 Å². The molecule has 27 heavy (non-hydrogen) atoms. The summed E-state index contributed by atoms with van der Waals surface area (Å²) < 4.78 is 18.0. The second kappa shape index (κ2) is 9.49. The van der Waals surface area contributed by atoms with Gasteiger partial charge in [0.15, 0.2) is 6.10 Å². The number of hydrogen-bond donors (Lipinski definition) is 2. The molecule has 2 rings (SSSR count). The maximum atomic E-state index is 13.1. The van der Waals surface area contributed by atoms with Crippen molar-refractivity contribution in [2.45, 2.75) is 13.0 Å². The highest BCUT2D eigenvalue weighted by atomic mass is 35.5. The van der Waals surface area contributed by atoms with Crippen LogP contribution in [0.1, 0.15) is 22.8 Å². The van der Waals surface area contributed by atoms with Crippen LogP contribution in [0, 0.1) is 5.82 Å². The molecule has 0 aliphatic rings. The molecule has 0 saturated heterocycles. The van der Waals surface area contributed by atoms with Crippen molar-refractivity contribution in [3.63, 3.8) is 0 Å². The number of hydrogen-bond acceptors (Lipinski definition) is 4. The van der Waals surface area contributed by atoms with Crippen molar-refractivity contribution in [3.8, 4) is 0 Å². The van der Waals surface area contributed by atoms with Gasteiger partial charge in [0.2, 0.25) is 0 Å². The van der Waals surface area contributed by atoms with E-state index in [1.54, 1.807) is 30.3 Å². The summed E-state index contributed by atoms with van der Waals surface area (Å²) in [6.45, 7) is 1.35. The van der Waals surface area contributed by atoms with Crippen molar-refractivity contribution in [3.05, 3.63) is 76.6 Å². The molecule has 0 heterocycles. The van der Waals surface area contributed by atoms with Crippen LogP contribution in [0.4, 0.5) is 4.39 Å². The summed E-state index contributed by atoms with van der Waals surface area (Å²) in [5, 5.41) is -0.0765. The van der Waals surface area contributed by atoms with Gasteiger partial charge in [-0.15, -0.1) is 0 Å². The van der Waals surface area contributed by atoms with E-state index in [0.29, 0.717) is 11.1 Å². The Balaban J connectivity index is 1.82. The smallest absolute Gasteiger partial charge is 0.331 e. The third-order valence-corrected chi connectivity index (χ3v) is 3.64. The standard InChI is InChI=1S/C19H16ClFN2O4/c1-12(18(25)22-23-19(26)14-5-3-2-4-6-14)27-17(24)10-8-13-7-9-16(21)15(20)11-13/h2-12H,1H3,(H,22,25)(H,23,26)/b10-8+/t12-/m1/s1. The lowest BCUT2D eigenvalue weighted by molar-refractivity contribution is -0.150. The molecule has 140 valence electrons. The quantitative estimate of drug-likeness (QED) is 0.467. The molecule has 2 aromatic carbocycles. The number of halogens is 2. The molecule has 0 aliphatic carbocycles. The van der Waals surface area contributed by atoms with Crippen LogP contribution in [0.3, 0.4) is 0 Å². The third kappa shape index (κ3) is 6.23. The van der Waals surface area contributed by atoms with Crippen LogP contribution in [0.5, 0.6) is 0 Å². The van der Waals surface area contributed by atoms with Gasteiger partial charge in [0.25, 0.3) is 11.8 Å². The monoisotopic (exact) mass is 390 g/mol. The summed E-state index contributed by atoms with van der Waals surface area (Å²) in [5.74, 6) is -2.56. The fourth-order valence-corrected chi connectivity index (χ4v) is 2.12. The number of amides is 2. The summed E-state index contributed by atoms with van der Waals surface area (Å²) in [6.07, 6.45) is 1.31. The van der Waals surface area contributed by atoms with Crippen LogP contribution in [-0.2, 0) is 14.3 Å². The number of benzene rings is 2. The van der Waals surface area contributed by atoms with E-state index in [-0.39, 0.29) is 5.02 Å². The topological polar surface area (TPSA) is 84.5 Å². The number of rotatable bonds is 5. The summed E-state index contributed by atoms with van der Waals surface area (Å²) >= 11 is 5.65. The van der Waals surface area contributed by atoms with Crippen molar-refractivity contribution in [2.75, 3.05) is 0 Å². The predicted octanol–water partition coefficient (Wildman–Crippen LogP) is 2.89. The first-order chi connectivity index (χ1) is 12.9. The first-order valence-corrected chi connectivity index (χ1v) is 8.23. The first-order valence-electron chi connectivity index (χ1n) is 7.86. The Kier molecular flexibility index (Phi) is 7.08. The van der Waals surface area contributed by atoms with Crippen molar-refractivity contribution in [1.82, 2.24) is 10.9 Å². The minimum absolute atomic E-state index is 0.0765. The van der Waals surface area contributed by atoms with Crippen LogP contribution in [0.2, 0.25) is 5.02 Å². The van der Waals surface area contributed by atoms with Gasteiger partial charge < -0.3 is 4.74 Å². The van der Waals surface area contributed by atoms with Gasteiger partial charge >= 0.3 is 5.97 Å². The molecule has 6 nitrogen and oxygen atoms in total. The van der Waals surface area contributed by atoms with E-state index in [4.69, 9.17) is 16.3 Å². The van der Waals surface area contributed by atoms with Crippen LogP contribution in [0.25, 0.3) is 6.08 Å². The lowest BCUT2D eigenvalue weighted by atomic mass is 10.2. The average molecular weight is 391 g/mol. The third-order valence-electron chi connectivity index (χ3n) is 3.35. The number of hydrazine groups is 1. The maximum absolute atomic E-state index is 13.1. The molecule has 0 unspecified atom stereocenters. The largest absolute Gasteiger partial charge is 0.449 e. The average Bonchev–Trinajstić information content (AvgIpc) is 2.67. The number of carbonyl (C=O) groups is 3. The van der Waals surface area contributed by atoms with E-state index >= 15 is 0 Å². The van der Waals surface area contributed by atoms with Crippen LogP contribution < -0.4 is 10.9 Å². The molecule has 0 fully saturated rings. The molecule has 0 radical (unpaired) electrons. The maximum Gasteiger partial charge on any atom is 0.331 e. The zero-order valence-corrected chi connectivity index (χ0v) is 15.0. The Morgan fingerprint density at radius 3 is 2.48 bits per heavy atom. The SMILES string of the molecule is C[C@@H](OC(=O)/C=C/c1ccc(F)c(Cl)c1)C(=O)NNC(=O)c1ccccc1. The lowest BCUT2D eigenvalue weighted by Gasteiger charge is -2.13. The zero-order chi connectivity index (χ0) is 19.8. The Morgan fingerprint density at radius 2 is 1.81 bits per heavy atom. The van der Waals surface area contributed by atoms with Gasteiger partial charge in [-0.05, 0) is 42.8 Å². The first kappa shape index (κ1) is 20.1. The van der Waals surface area contributed by atoms with E-state index in [1.807, 2.05) is 0 Å². The molecule has 2 N–H and O–H groups in total. The van der Waals surface area contributed by atoms with Crippen molar-refractivity contribution in [2.24, 2.45) is 0 Å². The minimum Gasteiger partial charge on any atom is -0.449 e. The summed E-state index contributed by atoms with van der Waals surface area (Å²) in [6, 6.07) is 12.2. The van der Waals surface area contributed by atoms with E-state index in [0.717, 1.165) is 6.08 Å². The Morgan fingerprint density at radius 1 is 1.11 bits per heavy atom. The summed E-state index contributed by atoms with van der Waals surface area (Å²) in [4.78, 5) is 35.5. The second-order valence-corrected chi connectivity index (χ2v) is 5.80. The number of ether oxygens (including phenoxy) is 1. The highest BCUT2D eigenvalue weighted by Gasteiger charge is 2.17. The lowest BCUT2D eigenvalue weighted by Crippen LogP contribution is -2.46. The summed E-state index contributed by atoms with van der Waals surface area (Å²) in [7, 11) is 0. The molecule has 2 aromatic rings. The minimum atomic E-state index is -1.14. The zero-order valence-electron chi connectivity index (χ0n) is 14.2. The molecular weight excluding hydrogens is 375 g/mol. The predicted molar refractivity (Wildman–Crippen MR) is 98.0 cm³/mol. The van der Waals surface area contributed by atoms with Gasteiger partial charge in [-0.3, -0.25) is 20.4 Å². The molecule has 0 aromatic heterocycles. The number of esters is 1. The number of carbonyl (C=O) groups excluding carboxylic acids is 3. The molecule has 0 saturated carbocycles. The van der Waals surface area contributed by atoms with Gasteiger partial charge in [0.05, 0.1) is 5.02 Å². The van der Waals surface area contributed by atoms with Crippen LogP contribution in [-0.4, -0.2) is 23.9 Å². The van der Waals surface area contributed by atoms with Gasteiger partial charge in [-0.2, -0.15) is 0 Å². The normalized spacial score (nSPS) is 11.7. The van der Waals surface area contributed by atoms with Crippen molar-refractivity contribution >= 4 is 35.5 Å². The van der Waals surface area contributed by atoms with Gasteiger partial charge in [-0.1, -0.05) is 35.9 Å². The Labute approximate surface area is 159 Å². The van der Waals surface area contributed by atoms with Crippen LogP contribution >= 0.6 is 11.6 Å². The highest BCUT2D eigenvalue weighted by Crippen LogP contribution is 2.16. The Hall–Kier alpha value is -3.19. The molecule has 0 spiro atoms. The van der Waals surface area contributed by atoms with Gasteiger partial charge in [0, 0.05) is 11.6 Å². The van der Waals surface area contributed by atoms with Crippen molar-refractivity contribution < 1.29 is 23.5 Å². The fourth-order valence-electron chi connectivity index (χ4n) is 1.93. The van der Waals surface area contributed by atoms with E-state index in [2.05, 4.69) is 10.9 Å². The van der Waals surface area contributed by atoms with Gasteiger partial charge in [-0.25, -0.2) is 9.18 Å². The molecular formula is C19H16ClFN2O4. The molecule has 0 aliphatic heterocycles. The van der Waals surface area contributed by atoms with Crippen LogP contribution in [0.15, 0.2) is 54.6 Å². The van der Waals surface area contributed by atoms with E-state index < -0.39 is 29.7 Å². The molecule has 1 atom stereocenters. The Bertz CT molecular complexity index is 871. The second-order valence-electron chi connectivity index (χ2n) is 5.40. The molecule has 8 heteroatoms. The molecule has 0 bridgehead atoms. The fraction of sp³-hybridized carbons (Fsp3) is 0.105. The summed E-state index contributed by atoms with van der Waals surface area (Å²) in [5.41, 5.74) is 5.25. The number of nitrogens with one attached hydrogen (secondary N) is 2. The van der Waals surface area contributed by atoms with E-state index in [9.17, 15) is 18.8 Å². The highest BCUT2D eigenvalue weighted by molar-refractivity contribution is 6.30. The van der Waals surface area contributed by atoms with Gasteiger partial charge in [0.1, 0.15) is 5.82 Å². The molecule has 2 amide bonds. The van der Waals surface area contributed by atoms with E-state index in [1.165, 1.54) is 31.2 Å².